The Balaban J connectivity index is 1.98. The van der Waals surface area contributed by atoms with Gasteiger partial charge in [0.25, 0.3) is 0 Å². The molecule has 0 saturated carbocycles. The largest absolute Gasteiger partial charge is 0.354 e. The van der Waals surface area contributed by atoms with Crippen LogP contribution in [0.4, 0.5) is 0 Å². The molecule has 0 aliphatic carbocycles. The summed E-state index contributed by atoms with van der Waals surface area (Å²) in [4.78, 5) is 28.8. The van der Waals surface area contributed by atoms with E-state index in [1.54, 1.807) is 17.0 Å². The zero-order chi connectivity index (χ0) is 25.4. The number of aryl methyl sites for hydroxylation is 2. The van der Waals surface area contributed by atoms with Gasteiger partial charge in [-0.05, 0) is 60.2 Å². The molecule has 0 heterocycles. The Labute approximate surface area is 218 Å². The van der Waals surface area contributed by atoms with Crippen molar-refractivity contribution >= 4 is 35.0 Å². The van der Waals surface area contributed by atoms with E-state index in [0.717, 1.165) is 28.7 Å². The summed E-state index contributed by atoms with van der Waals surface area (Å²) in [6.07, 6.45) is 1.43. The molecule has 0 aliphatic rings. The fourth-order valence-corrected chi connectivity index (χ4v) is 4.26. The standard InChI is InChI=1S/C29H32Cl2N2O2/c1-4-14-32-29(35)27(17-22-8-6-5-7-9-22)33(19-24-12-13-25(30)26(31)16-24)28(34)18-23-11-10-20(2)21(3)15-23/h5-13,15-16,27H,4,14,17-19H2,1-3H3,(H,32,35). The summed E-state index contributed by atoms with van der Waals surface area (Å²) in [5, 5.41) is 3.86. The van der Waals surface area contributed by atoms with Crippen molar-refractivity contribution in [3.63, 3.8) is 0 Å². The lowest BCUT2D eigenvalue weighted by Gasteiger charge is -2.32. The van der Waals surface area contributed by atoms with Gasteiger partial charge >= 0.3 is 0 Å². The van der Waals surface area contributed by atoms with Crippen LogP contribution >= 0.6 is 23.2 Å². The van der Waals surface area contributed by atoms with Crippen LogP contribution in [0.5, 0.6) is 0 Å². The first-order valence-corrected chi connectivity index (χ1v) is 12.6. The molecule has 0 bridgehead atoms. The van der Waals surface area contributed by atoms with Gasteiger partial charge in [0, 0.05) is 19.5 Å². The summed E-state index contributed by atoms with van der Waals surface area (Å²) in [5.41, 5.74) is 5.03. The lowest BCUT2D eigenvalue weighted by atomic mass is 10.00. The Bertz CT molecular complexity index is 1160. The third kappa shape index (κ3) is 7.58. The van der Waals surface area contributed by atoms with Crippen molar-refractivity contribution in [3.8, 4) is 0 Å². The molecule has 1 unspecified atom stereocenters. The van der Waals surface area contributed by atoms with Crippen LogP contribution in [-0.2, 0) is 29.0 Å². The van der Waals surface area contributed by atoms with E-state index in [1.165, 1.54) is 5.56 Å². The van der Waals surface area contributed by atoms with Crippen molar-refractivity contribution in [2.75, 3.05) is 6.54 Å². The molecule has 0 aliphatic heterocycles. The number of nitrogens with zero attached hydrogens (tertiary/aromatic N) is 1. The predicted octanol–water partition coefficient (Wildman–Crippen LogP) is 6.32. The minimum absolute atomic E-state index is 0.119. The van der Waals surface area contributed by atoms with Crippen LogP contribution in [0.25, 0.3) is 0 Å². The summed E-state index contributed by atoms with van der Waals surface area (Å²) in [7, 11) is 0. The van der Waals surface area contributed by atoms with Gasteiger partial charge in [0.1, 0.15) is 6.04 Å². The van der Waals surface area contributed by atoms with Gasteiger partial charge in [0.15, 0.2) is 0 Å². The van der Waals surface area contributed by atoms with E-state index < -0.39 is 6.04 Å². The van der Waals surface area contributed by atoms with E-state index in [0.29, 0.717) is 23.0 Å². The Morgan fingerprint density at radius 1 is 0.857 bits per heavy atom. The van der Waals surface area contributed by atoms with Crippen molar-refractivity contribution in [1.29, 1.82) is 0 Å². The SMILES string of the molecule is CCCNC(=O)C(Cc1ccccc1)N(Cc1ccc(Cl)c(Cl)c1)C(=O)Cc1ccc(C)c(C)c1. The van der Waals surface area contributed by atoms with Crippen molar-refractivity contribution in [2.45, 2.75) is 52.6 Å². The highest BCUT2D eigenvalue weighted by molar-refractivity contribution is 6.42. The number of benzene rings is 3. The summed E-state index contributed by atoms with van der Waals surface area (Å²) in [5.74, 6) is -0.281. The Hall–Kier alpha value is -2.82. The van der Waals surface area contributed by atoms with Crippen LogP contribution in [0.3, 0.4) is 0 Å². The molecule has 3 rings (SSSR count). The van der Waals surface area contributed by atoms with Crippen molar-refractivity contribution < 1.29 is 9.59 Å². The van der Waals surface area contributed by atoms with Crippen LogP contribution in [0, 0.1) is 13.8 Å². The quantitative estimate of drug-likeness (QED) is 0.346. The molecule has 0 spiro atoms. The molecule has 0 fully saturated rings. The highest BCUT2D eigenvalue weighted by atomic mass is 35.5. The van der Waals surface area contributed by atoms with E-state index in [1.807, 2.05) is 75.4 Å². The topological polar surface area (TPSA) is 49.4 Å². The van der Waals surface area contributed by atoms with E-state index in [2.05, 4.69) is 5.32 Å². The number of rotatable bonds is 10. The zero-order valence-electron chi connectivity index (χ0n) is 20.5. The normalized spacial score (nSPS) is 11.7. The second-order valence-corrected chi connectivity index (χ2v) is 9.68. The first kappa shape index (κ1) is 26.8. The summed E-state index contributed by atoms with van der Waals surface area (Å²) >= 11 is 12.4. The first-order chi connectivity index (χ1) is 16.8. The van der Waals surface area contributed by atoms with Gasteiger partial charge in [-0.25, -0.2) is 0 Å². The van der Waals surface area contributed by atoms with Gasteiger partial charge in [-0.3, -0.25) is 9.59 Å². The summed E-state index contributed by atoms with van der Waals surface area (Å²) in [6, 6.07) is 20.5. The number of hydrogen-bond donors (Lipinski definition) is 1. The highest BCUT2D eigenvalue weighted by Gasteiger charge is 2.30. The molecule has 3 aromatic rings. The van der Waals surface area contributed by atoms with Gasteiger partial charge in [-0.1, -0.05) is 84.7 Å². The van der Waals surface area contributed by atoms with Crippen molar-refractivity contribution in [1.82, 2.24) is 10.2 Å². The van der Waals surface area contributed by atoms with Gasteiger partial charge in [0.2, 0.25) is 11.8 Å². The molecular weight excluding hydrogens is 479 g/mol. The zero-order valence-corrected chi connectivity index (χ0v) is 22.0. The summed E-state index contributed by atoms with van der Waals surface area (Å²) < 4.78 is 0. The number of carbonyl (C=O) groups excluding carboxylic acids is 2. The van der Waals surface area contributed by atoms with E-state index in [9.17, 15) is 9.59 Å². The van der Waals surface area contributed by atoms with Crippen LogP contribution in [-0.4, -0.2) is 29.3 Å². The van der Waals surface area contributed by atoms with E-state index in [-0.39, 0.29) is 24.8 Å². The van der Waals surface area contributed by atoms with Gasteiger partial charge in [0.05, 0.1) is 16.5 Å². The molecule has 1 N–H and O–H groups in total. The second kappa shape index (κ2) is 12.8. The average Bonchev–Trinajstić information content (AvgIpc) is 2.84. The third-order valence-electron chi connectivity index (χ3n) is 6.08. The fraction of sp³-hybridized carbons (Fsp3) is 0.310. The number of halogens is 2. The third-order valence-corrected chi connectivity index (χ3v) is 6.82. The van der Waals surface area contributed by atoms with E-state index in [4.69, 9.17) is 23.2 Å². The number of nitrogens with one attached hydrogen (secondary N) is 1. The van der Waals surface area contributed by atoms with Crippen LogP contribution in [0.1, 0.15) is 41.2 Å². The predicted molar refractivity (Wildman–Crippen MR) is 144 cm³/mol. The maximum atomic E-state index is 13.8. The Morgan fingerprint density at radius 3 is 2.23 bits per heavy atom. The molecule has 6 heteroatoms. The average molecular weight is 511 g/mol. The van der Waals surface area contributed by atoms with Gasteiger partial charge in [-0.15, -0.1) is 0 Å². The van der Waals surface area contributed by atoms with Crippen LogP contribution < -0.4 is 5.32 Å². The summed E-state index contributed by atoms with van der Waals surface area (Å²) in [6.45, 7) is 6.89. The van der Waals surface area contributed by atoms with Crippen molar-refractivity contribution in [2.24, 2.45) is 0 Å². The Kier molecular flexibility index (Phi) is 9.76. The minimum Gasteiger partial charge on any atom is -0.354 e. The first-order valence-electron chi connectivity index (χ1n) is 11.9. The smallest absolute Gasteiger partial charge is 0.243 e. The lowest BCUT2D eigenvalue weighted by Crippen LogP contribution is -2.51. The fourth-order valence-electron chi connectivity index (χ4n) is 3.94. The van der Waals surface area contributed by atoms with Gasteiger partial charge in [-0.2, -0.15) is 0 Å². The molecule has 3 aromatic carbocycles. The molecular formula is C29H32Cl2N2O2. The molecule has 0 radical (unpaired) electrons. The minimum atomic E-state index is -0.669. The van der Waals surface area contributed by atoms with Crippen LogP contribution in [0.2, 0.25) is 10.0 Å². The monoisotopic (exact) mass is 510 g/mol. The molecule has 184 valence electrons. The maximum absolute atomic E-state index is 13.8. The molecule has 4 nitrogen and oxygen atoms in total. The number of hydrogen-bond acceptors (Lipinski definition) is 2. The molecule has 1 atom stereocenters. The maximum Gasteiger partial charge on any atom is 0.243 e. The van der Waals surface area contributed by atoms with Gasteiger partial charge < -0.3 is 10.2 Å². The highest BCUT2D eigenvalue weighted by Crippen LogP contribution is 2.25. The van der Waals surface area contributed by atoms with Crippen molar-refractivity contribution in [3.05, 3.63) is 105 Å². The molecule has 2 amide bonds. The second-order valence-electron chi connectivity index (χ2n) is 8.86. The number of amides is 2. The lowest BCUT2D eigenvalue weighted by molar-refractivity contribution is -0.140. The Morgan fingerprint density at radius 2 is 1.57 bits per heavy atom. The molecule has 0 aromatic heterocycles. The van der Waals surface area contributed by atoms with E-state index >= 15 is 0 Å². The van der Waals surface area contributed by atoms with Crippen LogP contribution in [0.15, 0.2) is 66.7 Å². The number of carbonyl (C=O) groups is 2. The molecule has 0 saturated heterocycles. The molecule has 35 heavy (non-hydrogen) atoms.